The molecular weight excluding hydrogens is 338 g/mol. The molecule has 0 aliphatic heterocycles. The van der Waals surface area contributed by atoms with Crippen LogP contribution in [0.3, 0.4) is 0 Å². The molecule has 0 aliphatic carbocycles. The van der Waals surface area contributed by atoms with Gasteiger partial charge in [0, 0.05) is 0 Å². The largest absolute Gasteiger partial charge is 0.458 e. The van der Waals surface area contributed by atoms with E-state index in [0.717, 1.165) is 16.7 Å². The van der Waals surface area contributed by atoms with Crippen LogP contribution in [0.4, 0.5) is 0 Å². The lowest BCUT2D eigenvalue weighted by Crippen LogP contribution is -2.34. The van der Waals surface area contributed by atoms with Crippen molar-refractivity contribution in [3.05, 3.63) is 95.6 Å². The summed E-state index contributed by atoms with van der Waals surface area (Å²) < 4.78 is 5.27. The average molecular weight is 357 g/mol. The molecule has 3 aromatic carbocycles. The Bertz CT molecular complexity index is 971. The lowest BCUT2D eigenvalue weighted by atomic mass is 9.93. The second kappa shape index (κ2) is 7.86. The van der Waals surface area contributed by atoms with E-state index in [-0.39, 0.29) is 6.61 Å². The van der Waals surface area contributed by atoms with Crippen LogP contribution in [0.1, 0.15) is 23.6 Å². The Labute approximate surface area is 158 Å². The Balaban J connectivity index is 1.77. The first-order valence-corrected chi connectivity index (χ1v) is 8.56. The highest BCUT2D eigenvalue weighted by Gasteiger charge is 2.34. The van der Waals surface area contributed by atoms with Gasteiger partial charge in [0.1, 0.15) is 6.61 Å². The maximum atomic E-state index is 12.4. The van der Waals surface area contributed by atoms with Crippen LogP contribution in [0, 0.1) is 11.3 Å². The molecule has 134 valence electrons. The van der Waals surface area contributed by atoms with Crippen molar-refractivity contribution in [2.24, 2.45) is 0 Å². The van der Waals surface area contributed by atoms with Crippen molar-refractivity contribution in [2.45, 2.75) is 19.1 Å². The molecule has 4 heteroatoms. The molecule has 0 heterocycles. The number of aliphatic hydroxyl groups is 1. The van der Waals surface area contributed by atoms with E-state index in [1.807, 2.05) is 48.5 Å². The number of nitriles is 1. The van der Waals surface area contributed by atoms with E-state index in [0.29, 0.717) is 11.1 Å². The highest BCUT2D eigenvalue weighted by molar-refractivity contribution is 5.81. The second-order valence-corrected chi connectivity index (χ2v) is 6.37. The summed E-state index contributed by atoms with van der Waals surface area (Å²) >= 11 is 0. The van der Waals surface area contributed by atoms with Crippen LogP contribution in [0.5, 0.6) is 0 Å². The number of ether oxygens (including phenoxy) is 1. The van der Waals surface area contributed by atoms with Crippen LogP contribution in [0.25, 0.3) is 11.1 Å². The Hall–Kier alpha value is -3.42. The predicted octanol–water partition coefficient (Wildman–Crippen LogP) is 4.18. The van der Waals surface area contributed by atoms with Crippen LogP contribution in [-0.4, -0.2) is 11.1 Å². The molecule has 3 aromatic rings. The molecule has 0 aromatic heterocycles. The number of benzene rings is 3. The fourth-order valence-electron chi connectivity index (χ4n) is 2.79. The van der Waals surface area contributed by atoms with Gasteiger partial charge in [0.15, 0.2) is 5.60 Å². The SMILES string of the molecule is CC(O)(C(=O)OCc1ccccc1)c1ccc(-c2ccccc2C#N)cc1. The smallest absolute Gasteiger partial charge is 0.342 e. The van der Waals surface area contributed by atoms with Crippen molar-refractivity contribution in [1.29, 1.82) is 5.26 Å². The molecule has 1 N–H and O–H groups in total. The number of hydrogen-bond acceptors (Lipinski definition) is 4. The number of carbonyl (C=O) groups excluding carboxylic acids is 1. The molecule has 0 saturated heterocycles. The fourth-order valence-corrected chi connectivity index (χ4v) is 2.79. The van der Waals surface area contributed by atoms with Gasteiger partial charge < -0.3 is 9.84 Å². The van der Waals surface area contributed by atoms with Crippen LogP contribution in [-0.2, 0) is 21.7 Å². The van der Waals surface area contributed by atoms with E-state index in [1.165, 1.54) is 6.92 Å². The van der Waals surface area contributed by atoms with Gasteiger partial charge in [-0.15, -0.1) is 0 Å². The van der Waals surface area contributed by atoms with Gasteiger partial charge in [-0.25, -0.2) is 4.79 Å². The normalized spacial score (nSPS) is 12.6. The molecule has 1 atom stereocenters. The number of esters is 1. The minimum atomic E-state index is -1.76. The van der Waals surface area contributed by atoms with Gasteiger partial charge in [0.25, 0.3) is 0 Å². The van der Waals surface area contributed by atoms with E-state index in [1.54, 1.807) is 30.3 Å². The van der Waals surface area contributed by atoms with E-state index in [4.69, 9.17) is 4.74 Å². The maximum Gasteiger partial charge on any atom is 0.342 e. The summed E-state index contributed by atoms with van der Waals surface area (Å²) in [6.07, 6.45) is 0. The third kappa shape index (κ3) is 4.05. The Morgan fingerprint density at radius 2 is 1.63 bits per heavy atom. The van der Waals surface area contributed by atoms with Crippen molar-refractivity contribution in [2.75, 3.05) is 0 Å². The summed E-state index contributed by atoms with van der Waals surface area (Å²) in [4.78, 5) is 12.4. The van der Waals surface area contributed by atoms with Crippen molar-refractivity contribution < 1.29 is 14.6 Å². The minimum Gasteiger partial charge on any atom is -0.458 e. The first kappa shape index (κ1) is 18.4. The lowest BCUT2D eigenvalue weighted by Gasteiger charge is -2.22. The molecule has 1 unspecified atom stereocenters. The van der Waals surface area contributed by atoms with E-state index < -0.39 is 11.6 Å². The summed E-state index contributed by atoms with van der Waals surface area (Å²) in [5.74, 6) is -0.712. The molecule has 0 radical (unpaired) electrons. The highest BCUT2D eigenvalue weighted by Crippen LogP contribution is 2.28. The van der Waals surface area contributed by atoms with Gasteiger partial charge in [-0.1, -0.05) is 72.8 Å². The monoisotopic (exact) mass is 357 g/mol. The van der Waals surface area contributed by atoms with E-state index in [2.05, 4.69) is 6.07 Å². The molecule has 0 aliphatic rings. The lowest BCUT2D eigenvalue weighted by molar-refractivity contribution is -0.166. The van der Waals surface area contributed by atoms with Crippen molar-refractivity contribution in [3.8, 4) is 17.2 Å². The van der Waals surface area contributed by atoms with Gasteiger partial charge in [0.05, 0.1) is 11.6 Å². The molecule has 27 heavy (non-hydrogen) atoms. The van der Waals surface area contributed by atoms with Gasteiger partial charge in [-0.2, -0.15) is 5.26 Å². The molecule has 3 rings (SSSR count). The first-order chi connectivity index (χ1) is 13.0. The molecular formula is C23H19NO3. The van der Waals surface area contributed by atoms with Gasteiger partial charge in [0.2, 0.25) is 0 Å². The van der Waals surface area contributed by atoms with Crippen molar-refractivity contribution >= 4 is 5.97 Å². The van der Waals surface area contributed by atoms with Crippen LogP contribution < -0.4 is 0 Å². The summed E-state index contributed by atoms with van der Waals surface area (Å²) in [5.41, 5.74) is 1.73. The molecule has 0 amide bonds. The zero-order chi connectivity index (χ0) is 19.3. The predicted molar refractivity (Wildman–Crippen MR) is 102 cm³/mol. The van der Waals surface area contributed by atoms with Crippen LogP contribution >= 0.6 is 0 Å². The standard InChI is InChI=1S/C23H19NO3/c1-23(26,22(25)27-16-17-7-3-2-4-8-17)20-13-11-18(12-14-20)21-10-6-5-9-19(21)15-24/h2-14,26H,16H2,1H3. The quantitative estimate of drug-likeness (QED) is 0.696. The first-order valence-electron chi connectivity index (χ1n) is 8.56. The zero-order valence-electron chi connectivity index (χ0n) is 14.9. The Kier molecular flexibility index (Phi) is 5.35. The van der Waals surface area contributed by atoms with E-state index >= 15 is 0 Å². The number of carbonyl (C=O) groups is 1. The summed E-state index contributed by atoms with van der Waals surface area (Å²) in [6.45, 7) is 1.52. The van der Waals surface area contributed by atoms with Gasteiger partial charge >= 0.3 is 5.97 Å². The zero-order valence-corrected chi connectivity index (χ0v) is 14.9. The number of rotatable bonds is 5. The second-order valence-electron chi connectivity index (χ2n) is 6.37. The molecule has 0 bridgehead atoms. The third-order valence-corrected chi connectivity index (χ3v) is 4.42. The summed E-state index contributed by atoms with van der Waals surface area (Å²) in [5, 5.41) is 19.9. The summed E-state index contributed by atoms with van der Waals surface area (Å²) in [6, 6.07) is 25.7. The molecule has 0 spiro atoms. The minimum absolute atomic E-state index is 0.101. The highest BCUT2D eigenvalue weighted by atomic mass is 16.5. The third-order valence-electron chi connectivity index (χ3n) is 4.42. The Morgan fingerprint density at radius 1 is 1.00 bits per heavy atom. The number of nitrogens with zero attached hydrogens (tertiary/aromatic N) is 1. The molecule has 0 saturated carbocycles. The van der Waals surface area contributed by atoms with Crippen molar-refractivity contribution in [3.63, 3.8) is 0 Å². The molecule has 0 fully saturated rings. The fraction of sp³-hybridized carbons (Fsp3) is 0.130. The topological polar surface area (TPSA) is 70.3 Å². The van der Waals surface area contributed by atoms with Gasteiger partial charge in [-0.3, -0.25) is 0 Å². The van der Waals surface area contributed by atoms with E-state index in [9.17, 15) is 15.2 Å². The number of hydrogen-bond donors (Lipinski definition) is 1. The average Bonchev–Trinajstić information content (AvgIpc) is 2.72. The summed E-state index contributed by atoms with van der Waals surface area (Å²) in [7, 11) is 0. The Morgan fingerprint density at radius 3 is 2.30 bits per heavy atom. The maximum absolute atomic E-state index is 12.4. The van der Waals surface area contributed by atoms with Crippen LogP contribution in [0.2, 0.25) is 0 Å². The van der Waals surface area contributed by atoms with Gasteiger partial charge in [-0.05, 0) is 35.2 Å². The van der Waals surface area contributed by atoms with Crippen molar-refractivity contribution in [1.82, 2.24) is 0 Å². The van der Waals surface area contributed by atoms with Crippen LogP contribution in [0.15, 0.2) is 78.9 Å². The molecule has 4 nitrogen and oxygen atoms in total.